The van der Waals surface area contributed by atoms with E-state index in [9.17, 15) is 0 Å². The number of para-hydroxylation sites is 1. The van der Waals surface area contributed by atoms with E-state index in [-0.39, 0.29) is 0 Å². The summed E-state index contributed by atoms with van der Waals surface area (Å²) in [5.74, 6) is 2.33. The summed E-state index contributed by atoms with van der Waals surface area (Å²) < 4.78 is 0. The summed E-state index contributed by atoms with van der Waals surface area (Å²) in [5, 5.41) is 3.83. The Bertz CT molecular complexity index is 1140. The summed E-state index contributed by atoms with van der Waals surface area (Å²) >= 11 is 6.74. The largest absolute Gasteiger partial charge is 0.368 e. The zero-order valence-electron chi connectivity index (χ0n) is 19.3. The summed E-state index contributed by atoms with van der Waals surface area (Å²) in [6.45, 7) is 9.11. The number of benzene rings is 1. The number of nitrogens with one attached hydrogen (secondary N) is 1. The number of aromatic nitrogens is 4. The number of hydrogen-bond donors (Lipinski definition) is 1. The molecule has 1 aromatic carbocycles. The van der Waals surface area contributed by atoms with Crippen LogP contribution in [0.25, 0.3) is 11.2 Å². The topological polar surface area (TPSA) is 76.5 Å². The third-order valence-corrected chi connectivity index (χ3v) is 7.20. The van der Waals surface area contributed by atoms with E-state index in [1.165, 1.54) is 18.5 Å². The van der Waals surface area contributed by atoms with Gasteiger partial charge in [0.25, 0.3) is 0 Å². The lowest BCUT2D eigenvalue weighted by molar-refractivity contribution is 0.580. The molecule has 3 aromatic rings. The van der Waals surface area contributed by atoms with Crippen LogP contribution >= 0.6 is 11.6 Å². The molecule has 9 nitrogen and oxygen atoms in total. The Balaban J connectivity index is 1.33. The van der Waals surface area contributed by atoms with Gasteiger partial charge in [-0.25, -0.2) is 9.97 Å². The standard InChI is InChI=1S/C24H30ClN9/c25-20-23(33-16-14-31(15-17-33)18-6-2-1-3-7-18)28-21-19(27-20)22(32-10-4-5-11-32)30-24(29-21)34-12-8-26-9-13-34/h1-3,6-7,26H,4-5,8-17H2. The van der Waals surface area contributed by atoms with Gasteiger partial charge in [0.15, 0.2) is 28.0 Å². The van der Waals surface area contributed by atoms with Gasteiger partial charge < -0.3 is 24.9 Å². The van der Waals surface area contributed by atoms with Crippen molar-refractivity contribution < 1.29 is 0 Å². The van der Waals surface area contributed by atoms with Gasteiger partial charge in [-0.3, -0.25) is 0 Å². The van der Waals surface area contributed by atoms with Gasteiger partial charge in [0, 0.05) is 71.1 Å². The molecule has 178 valence electrons. The van der Waals surface area contributed by atoms with Gasteiger partial charge in [-0.2, -0.15) is 9.97 Å². The van der Waals surface area contributed by atoms with Gasteiger partial charge in [-0.05, 0) is 25.0 Å². The van der Waals surface area contributed by atoms with E-state index >= 15 is 0 Å². The van der Waals surface area contributed by atoms with Crippen LogP contribution in [0.5, 0.6) is 0 Å². The van der Waals surface area contributed by atoms with Crippen LogP contribution in [-0.4, -0.2) is 85.4 Å². The van der Waals surface area contributed by atoms with Crippen molar-refractivity contribution in [2.24, 2.45) is 0 Å². The number of hydrogen-bond acceptors (Lipinski definition) is 9. The summed E-state index contributed by atoms with van der Waals surface area (Å²) in [4.78, 5) is 28.8. The van der Waals surface area contributed by atoms with Crippen LogP contribution in [0.15, 0.2) is 30.3 Å². The van der Waals surface area contributed by atoms with E-state index in [1.807, 2.05) is 0 Å². The number of fused-ring (bicyclic) bond motifs is 1. The van der Waals surface area contributed by atoms with Crippen molar-refractivity contribution in [2.45, 2.75) is 12.8 Å². The zero-order chi connectivity index (χ0) is 22.9. The van der Waals surface area contributed by atoms with Crippen molar-refractivity contribution in [2.75, 3.05) is 85.0 Å². The fraction of sp³-hybridized carbons (Fsp3) is 0.500. The van der Waals surface area contributed by atoms with Crippen LogP contribution in [0.2, 0.25) is 5.15 Å². The Kier molecular flexibility index (Phi) is 5.97. The lowest BCUT2D eigenvalue weighted by Gasteiger charge is -2.37. The van der Waals surface area contributed by atoms with Crippen molar-refractivity contribution >= 4 is 46.0 Å². The maximum Gasteiger partial charge on any atom is 0.229 e. The highest BCUT2D eigenvalue weighted by molar-refractivity contribution is 6.32. The fourth-order valence-electron chi connectivity index (χ4n) is 5.07. The van der Waals surface area contributed by atoms with Crippen LogP contribution in [-0.2, 0) is 0 Å². The molecular weight excluding hydrogens is 450 g/mol. The zero-order valence-corrected chi connectivity index (χ0v) is 20.1. The SMILES string of the molecule is Clc1nc2c(N3CCCC3)nc(N3CCNCC3)nc2nc1N1CCN(c2ccccc2)CC1. The smallest absolute Gasteiger partial charge is 0.229 e. The lowest BCUT2D eigenvalue weighted by atomic mass is 10.2. The van der Waals surface area contributed by atoms with E-state index < -0.39 is 0 Å². The minimum Gasteiger partial charge on any atom is -0.368 e. The second-order valence-electron chi connectivity index (χ2n) is 9.10. The molecule has 0 unspecified atom stereocenters. The first-order valence-electron chi connectivity index (χ1n) is 12.3. The summed E-state index contributed by atoms with van der Waals surface area (Å²) in [7, 11) is 0. The van der Waals surface area contributed by atoms with Crippen molar-refractivity contribution in [1.29, 1.82) is 0 Å². The van der Waals surface area contributed by atoms with Crippen LogP contribution in [0.1, 0.15) is 12.8 Å². The van der Waals surface area contributed by atoms with Crippen LogP contribution < -0.4 is 24.9 Å². The molecule has 3 fully saturated rings. The van der Waals surface area contributed by atoms with Crippen LogP contribution in [0.3, 0.4) is 0 Å². The fourth-order valence-corrected chi connectivity index (χ4v) is 5.31. The molecule has 0 amide bonds. The molecule has 0 atom stereocenters. The van der Waals surface area contributed by atoms with E-state index in [1.54, 1.807) is 0 Å². The molecule has 6 rings (SSSR count). The van der Waals surface area contributed by atoms with E-state index in [4.69, 9.17) is 31.5 Å². The first-order chi connectivity index (χ1) is 16.8. The van der Waals surface area contributed by atoms with Gasteiger partial charge in [0.1, 0.15) is 0 Å². The number of rotatable bonds is 4. The molecule has 3 aliphatic heterocycles. The molecule has 0 saturated carbocycles. The Hall–Kier alpha value is -2.91. The van der Waals surface area contributed by atoms with Gasteiger partial charge in [-0.1, -0.05) is 29.8 Å². The molecule has 10 heteroatoms. The lowest BCUT2D eigenvalue weighted by Crippen LogP contribution is -2.47. The minimum absolute atomic E-state index is 0.430. The number of anilines is 4. The third kappa shape index (κ3) is 4.18. The second-order valence-corrected chi connectivity index (χ2v) is 9.46. The molecule has 5 heterocycles. The molecule has 3 aliphatic rings. The van der Waals surface area contributed by atoms with E-state index in [0.717, 1.165) is 83.0 Å². The second kappa shape index (κ2) is 9.38. The number of nitrogens with zero attached hydrogens (tertiary/aromatic N) is 8. The first kappa shape index (κ1) is 21.6. The maximum absolute atomic E-state index is 6.74. The van der Waals surface area contributed by atoms with Crippen molar-refractivity contribution in [3.05, 3.63) is 35.5 Å². The van der Waals surface area contributed by atoms with Crippen LogP contribution in [0.4, 0.5) is 23.3 Å². The highest BCUT2D eigenvalue weighted by Crippen LogP contribution is 2.32. The first-order valence-corrected chi connectivity index (χ1v) is 12.6. The number of halogens is 1. The Morgan fingerprint density at radius 1 is 0.647 bits per heavy atom. The van der Waals surface area contributed by atoms with E-state index in [0.29, 0.717) is 16.3 Å². The highest BCUT2D eigenvalue weighted by Gasteiger charge is 2.26. The van der Waals surface area contributed by atoms with Crippen molar-refractivity contribution in [1.82, 2.24) is 25.3 Å². The monoisotopic (exact) mass is 479 g/mol. The maximum atomic E-state index is 6.74. The molecule has 34 heavy (non-hydrogen) atoms. The molecule has 2 aromatic heterocycles. The molecular formula is C24H30ClN9. The van der Waals surface area contributed by atoms with Gasteiger partial charge in [0.2, 0.25) is 5.95 Å². The Morgan fingerprint density at radius 3 is 2.06 bits per heavy atom. The summed E-state index contributed by atoms with van der Waals surface area (Å²) in [5.41, 5.74) is 2.59. The number of piperazine rings is 2. The third-order valence-electron chi connectivity index (χ3n) is 6.95. The van der Waals surface area contributed by atoms with Crippen molar-refractivity contribution in [3.8, 4) is 0 Å². The van der Waals surface area contributed by atoms with Crippen molar-refractivity contribution in [3.63, 3.8) is 0 Å². The summed E-state index contributed by atoms with van der Waals surface area (Å²) in [6.07, 6.45) is 2.33. The average molecular weight is 480 g/mol. The average Bonchev–Trinajstić information content (AvgIpc) is 3.44. The van der Waals surface area contributed by atoms with Gasteiger partial charge >= 0.3 is 0 Å². The predicted octanol–water partition coefficient (Wildman–Crippen LogP) is 2.41. The molecule has 0 radical (unpaired) electrons. The quantitative estimate of drug-likeness (QED) is 0.607. The molecule has 0 aliphatic carbocycles. The molecule has 1 N–H and O–H groups in total. The van der Waals surface area contributed by atoms with Gasteiger partial charge in [0.05, 0.1) is 0 Å². The predicted molar refractivity (Wildman–Crippen MR) is 138 cm³/mol. The summed E-state index contributed by atoms with van der Waals surface area (Å²) in [6, 6.07) is 10.5. The molecule has 3 saturated heterocycles. The molecule has 0 bridgehead atoms. The van der Waals surface area contributed by atoms with Gasteiger partial charge in [-0.15, -0.1) is 0 Å². The highest BCUT2D eigenvalue weighted by atomic mass is 35.5. The van der Waals surface area contributed by atoms with Crippen LogP contribution in [0, 0.1) is 0 Å². The molecule has 0 spiro atoms. The Morgan fingerprint density at radius 2 is 1.32 bits per heavy atom. The minimum atomic E-state index is 0.430. The normalized spacial score (nSPS) is 19.3. The Labute approximate surface area is 204 Å². The van der Waals surface area contributed by atoms with E-state index in [2.05, 4.69) is 55.2 Å².